The summed E-state index contributed by atoms with van der Waals surface area (Å²) in [7, 11) is 3.80. The number of methoxy groups -OCH3 is 1. The van der Waals surface area contributed by atoms with E-state index in [1.54, 1.807) is 7.11 Å². The van der Waals surface area contributed by atoms with Gasteiger partial charge in [-0.2, -0.15) is 0 Å². The zero-order valence-corrected chi connectivity index (χ0v) is 12.4. The Balaban J connectivity index is 2.03. The average molecular weight is 287 g/mol. The van der Waals surface area contributed by atoms with E-state index in [0.29, 0.717) is 6.61 Å². The third kappa shape index (κ3) is 8.06. The van der Waals surface area contributed by atoms with E-state index in [9.17, 15) is 0 Å². The van der Waals surface area contributed by atoms with Crippen molar-refractivity contribution in [2.24, 2.45) is 0 Å². The monoisotopic (exact) mass is 286 g/mol. The molecule has 0 bridgehead atoms. The highest BCUT2D eigenvalue weighted by Gasteiger charge is 1.99. The minimum Gasteiger partial charge on any atom is -0.492 e. The molecule has 0 fully saturated rings. The molecule has 0 heterocycles. The molecule has 0 aliphatic heterocycles. The first-order valence-electron chi connectivity index (χ1n) is 6.49. The Morgan fingerprint density at radius 1 is 1.11 bits per heavy atom. The quantitative estimate of drug-likeness (QED) is 0.666. The second-order valence-electron chi connectivity index (χ2n) is 4.35. The number of nitrogens with zero attached hydrogens (tertiary/aromatic N) is 1. The van der Waals surface area contributed by atoms with E-state index >= 15 is 0 Å². The number of halogens is 1. The average Bonchev–Trinajstić information content (AvgIpc) is 2.41. The molecule has 1 N–H and O–H groups in total. The number of nitrogens with one attached hydrogen (secondary N) is 1. The molecule has 0 aromatic heterocycles. The van der Waals surface area contributed by atoms with Crippen LogP contribution in [-0.4, -0.2) is 58.5 Å². The summed E-state index contributed by atoms with van der Waals surface area (Å²) < 4.78 is 10.6. The van der Waals surface area contributed by atoms with Crippen molar-refractivity contribution in [3.63, 3.8) is 0 Å². The van der Waals surface area contributed by atoms with Gasteiger partial charge in [-0.3, -0.25) is 0 Å². The van der Waals surface area contributed by atoms with E-state index in [4.69, 9.17) is 21.1 Å². The Morgan fingerprint density at radius 2 is 1.84 bits per heavy atom. The summed E-state index contributed by atoms with van der Waals surface area (Å²) in [4.78, 5) is 2.23. The first-order chi connectivity index (χ1) is 9.22. The number of likely N-dealkylation sites (N-methyl/N-ethyl adjacent to an activating group) is 1. The van der Waals surface area contributed by atoms with Gasteiger partial charge >= 0.3 is 0 Å². The summed E-state index contributed by atoms with van der Waals surface area (Å²) in [5.74, 6) is 0.857. The maximum absolute atomic E-state index is 5.81. The fourth-order valence-electron chi connectivity index (χ4n) is 1.53. The van der Waals surface area contributed by atoms with Crippen molar-refractivity contribution in [3.8, 4) is 5.75 Å². The van der Waals surface area contributed by atoms with Crippen LogP contribution >= 0.6 is 11.6 Å². The van der Waals surface area contributed by atoms with Gasteiger partial charge in [-0.15, -0.1) is 0 Å². The molecule has 0 atom stereocenters. The fourth-order valence-corrected chi connectivity index (χ4v) is 1.66. The summed E-state index contributed by atoms with van der Waals surface area (Å²) >= 11 is 5.81. The maximum atomic E-state index is 5.81. The van der Waals surface area contributed by atoms with E-state index in [2.05, 4.69) is 17.3 Å². The number of ether oxygens (including phenoxy) is 2. The zero-order chi connectivity index (χ0) is 13.9. The third-order valence-electron chi connectivity index (χ3n) is 2.71. The highest BCUT2D eigenvalue weighted by Crippen LogP contribution is 2.15. The Hall–Kier alpha value is -0.810. The number of hydrogen-bond acceptors (Lipinski definition) is 4. The second kappa shape index (κ2) is 10.0. The summed E-state index contributed by atoms with van der Waals surface area (Å²) in [6.07, 6.45) is 0. The highest BCUT2D eigenvalue weighted by atomic mass is 35.5. The van der Waals surface area contributed by atoms with Gasteiger partial charge in [0.1, 0.15) is 12.4 Å². The molecular weight excluding hydrogens is 264 g/mol. The maximum Gasteiger partial charge on any atom is 0.119 e. The summed E-state index contributed by atoms with van der Waals surface area (Å²) in [5.41, 5.74) is 0. The van der Waals surface area contributed by atoms with E-state index < -0.39 is 0 Å². The molecule has 1 aromatic carbocycles. The predicted molar refractivity (Wildman–Crippen MR) is 79.2 cm³/mol. The molecule has 19 heavy (non-hydrogen) atoms. The minimum absolute atomic E-state index is 0.677. The topological polar surface area (TPSA) is 33.7 Å². The van der Waals surface area contributed by atoms with E-state index in [-0.39, 0.29) is 0 Å². The normalized spacial score (nSPS) is 10.9. The molecule has 1 rings (SSSR count). The zero-order valence-electron chi connectivity index (χ0n) is 11.7. The lowest BCUT2D eigenvalue weighted by atomic mass is 10.3. The summed E-state index contributed by atoms with van der Waals surface area (Å²) in [5, 5.41) is 4.04. The van der Waals surface area contributed by atoms with Gasteiger partial charge in [0, 0.05) is 38.3 Å². The molecule has 0 radical (unpaired) electrons. The van der Waals surface area contributed by atoms with Gasteiger partial charge in [-0.25, -0.2) is 0 Å². The van der Waals surface area contributed by atoms with Crippen LogP contribution in [0.3, 0.4) is 0 Å². The number of rotatable bonds is 10. The molecule has 0 unspecified atom stereocenters. The molecule has 1 aromatic rings. The molecule has 108 valence electrons. The van der Waals surface area contributed by atoms with Crippen LogP contribution in [0, 0.1) is 0 Å². The van der Waals surface area contributed by atoms with Crippen LogP contribution in [0.5, 0.6) is 5.75 Å². The first-order valence-corrected chi connectivity index (χ1v) is 6.86. The molecule has 0 aliphatic carbocycles. The van der Waals surface area contributed by atoms with E-state index in [1.807, 2.05) is 24.3 Å². The van der Waals surface area contributed by atoms with Crippen molar-refractivity contribution in [2.75, 3.05) is 53.6 Å². The highest BCUT2D eigenvalue weighted by molar-refractivity contribution is 6.30. The largest absolute Gasteiger partial charge is 0.492 e. The molecule has 0 saturated heterocycles. The lowest BCUT2D eigenvalue weighted by Gasteiger charge is -2.17. The van der Waals surface area contributed by atoms with Crippen LogP contribution in [0.25, 0.3) is 0 Å². The van der Waals surface area contributed by atoms with Gasteiger partial charge in [-0.05, 0) is 31.3 Å². The third-order valence-corrected chi connectivity index (χ3v) is 2.96. The van der Waals surface area contributed by atoms with Crippen molar-refractivity contribution < 1.29 is 9.47 Å². The number of benzene rings is 1. The SMILES string of the molecule is COCCNCCN(C)CCOc1ccc(Cl)cc1. The van der Waals surface area contributed by atoms with Crippen LogP contribution in [0.4, 0.5) is 0 Å². The molecule has 0 amide bonds. The van der Waals surface area contributed by atoms with Gasteiger partial charge in [-0.1, -0.05) is 11.6 Å². The molecular formula is C14H23ClN2O2. The van der Waals surface area contributed by atoms with Crippen LogP contribution < -0.4 is 10.1 Å². The van der Waals surface area contributed by atoms with Crippen LogP contribution in [0.2, 0.25) is 5.02 Å². The first kappa shape index (κ1) is 16.2. The number of hydrogen-bond donors (Lipinski definition) is 1. The van der Waals surface area contributed by atoms with Gasteiger partial charge in [0.25, 0.3) is 0 Å². The predicted octanol–water partition coefficient (Wildman–Crippen LogP) is 1.89. The van der Waals surface area contributed by atoms with Crippen molar-refractivity contribution >= 4 is 11.6 Å². The van der Waals surface area contributed by atoms with Crippen molar-refractivity contribution in [2.45, 2.75) is 0 Å². The lowest BCUT2D eigenvalue weighted by molar-refractivity contribution is 0.196. The molecule has 4 nitrogen and oxygen atoms in total. The Morgan fingerprint density at radius 3 is 2.53 bits per heavy atom. The lowest BCUT2D eigenvalue weighted by Crippen LogP contribution is -2.33. The van der Waals surface area contributed by atoms with Crippen molar-refractivity contribution in [1.29, 1.82) is 0 Å². The van der Waals surface area contributed by atoms with Gasteiger partial charge < -0.3 is 19.7 Å². The fraction of sp³-hybridized carbons (Fsp3) is 0.571. The Bertz CT molecular complexity index is 333. The second-order valence-corrected chi connectivity index (χ2v) is 4.78. The van der Waals surface area contributed by atoms with Crippen LogP contribution in [-0.2, 0) is 4.74 Å². The smallest absolute Gasteiger partial charge is 0.119 e. The molecule has 5 heteroatoms. The van der Waals surface area contributed by atoms with Gasteiger partial charge in [0.15, 0.2) is 0 Å². The van der Waals surface area contributed by atoms with E-state index in [0.717, 1.165) is 43.6 Å². The minimum atomic E-state index is 0.677. The van der Waals surface area contributed by atoms with Gasteiger partial charge in [0.05, 0.1) is 6.61 Å². The van der Waals surface area contributed by atoms with Gasteiger partial charge in [0.2, 0.25) is 0 Å². The molecule has 0 saturated carbocycles. The summed E-state index contributed by atoms with van der Waals surface area (Å²) in [6.45, 7) is 5.17. The van der Waals surface area contributed by atoms with Crippen LogP contribution in [0.1, 0.15) is 0 Å². The summed E-state index contributed by atoms with van der Waals surface area (Å²) in [6, 6.07) is 7.43. The van der Waals surface area contributed by atoms with Crippen molar-refractivity contribution in [3.05, 3.63) is 29.3 Å². The van der Waals surface area contributed by atoms with Crippen LogP contribution in [0.15, 0.2) is 24.3 Å². The molecule has 0 spiro atoms. The standard InChI is InChI=1S/C14H23ClN2O2/c1-17(9-7-16-8-11-18-2)10-12-19-14-5-3-13(15)4-6-14/h3-6,16H,7-12H2,1-2H3. The van der Waals surface area contributed by atoms with Crippen molar-refractivity contribution in [1.82, 2.24) is 10.2 Å². The Kier molecular flexibility index (Phi) is 8.58. The molecule has 0 aliphatic rings. The Labute approximate surface area is 120 Å². The van der Waals surface area contributed by atoms with E-state index in [1.165, 1.54) is 0 Å².